The maximum Gasteiger partial charge on any atom is 0.299 e. The average molecular weight is 251 g/mol. The topological polar surface area (TPSA) is 98.3 Å². The minimum absolute atomic E-state index is 0.222. The van der Waals surface area contributed by atoms with Crippen LogP contribution in [0.5, 0.6) is 0 Å². The van der Waals surface area contributed by atoms with Gasteiger partial charge in [-0.2, -0.15) is 0 Å². The highest BCUT2D eigenvalue weighted by molar-refractivity contribution is 5.65. The van der Waals surface area contributed by atoms with Crippen molar-refractivity contribution in [3.8, 4) is 0 Å². The summed E-state index contributed by atoms with van der Waals surface area (Å²) in [5, 5.41) is 24.5. The Morgan fingerprint density at radius 1 is 1.22 bits per heavy atom. The molecule has 18 heavy (non-hydrogen) atoms. The number of benzene rings is 1. The lowest BCUT2D eigenvalue weighted by atomic mass is 9.82. The smallest absolute Gasteiger partial charge is 0.299 e. The lowest BCUT2D eigenvalue weighted by molar-refractivity contribution is -0.393. The summed E-state index contributed by atoms with van der Waals surface area (Å²) in [6.45, 7) is 2.11. The van der Waals surface area contributed by atoms with Gasteiger partial charge in [-0.05, 0) is 24.8 Å². The van der Waals surface area contributed by atoms with Gasteiger partial charge in [0.15, 0.2) is 0 Å². The number of hydrogen-bond acceptors (Lipinski definition) is 5. The number of anilines is 1. The first kappa shape index (κ1) is 12.3. The molecule has 1 aliphatic rings. The van der Waals surface area contributed by atoms with E-state index in [4.69, 9.17) is 0 Å². The molecule has 0 atom stereocenters. The zero-order valence-electron chi connectivity index (χ0n) is 9.83. The molecule has 2 rings (SSSR count). The Kier molecular flexibility index (Phi) is 3.14. The fourth-order valence-electron chi connectivity index (χ4n) is 2.15. The van der Waals surface area contributed by atoms with Gasteiger partial charge in [0.1, 0.15) is 5.69 Å². The van der Waals surface area contributed by atoms with Gasteiger partial charge in [-0.3, -0.25) is 20.2 Å². The molecule has 0 unspecified atom stereocenters. The molecule has 0 amide bonds. The highest BCUT2D eigenvalue weighted by atomic mass is 16.6. The van der Waals surface area contributed by atoms with Gasteiger partial charge in [-0.1, -0.05) is 6.92 Å². The van der Waals surface area contributed by atoms with Gasteiger partial charge < -0.3 is 5.32 Å². The first-order chi connectivity index (χ1) is 8.47. The summed E-state index contributed by atoms with van der Waals surface area (Å²) in [6, 6.07) is 3.89. The summed E-state index contributed by atoms with van der Waals surface area (Å²) in [4.78, 5) is 20.2. The highest BCUT2D eigenvalue weighted by Gasteiger charge is 2.28. The Hall–Kier alpha value is -2.18. The molecule has 1 fully saturated rings. The van der Waals surface area contributed by atoms with Crippen molar-refractivity contribution in [1.82, 2.24) is 0 Å². The minimum atomic E-state index is -0.637. The van der Waals surface area contributed by atoms with Crippen LogP contribution in [0.25, 0.3) is 0 Å². The quantitative estimate of drug-likeness (QED) is 0.655. The molecule has 1 aliphatic carbocycles. The number of nitro benzene ring substituents is 2. The van der Waals surface area contributed by atoms with Crippen LogP contribution >= 0.6 is 0 Å². The molecule has 0 spiro atoms. The number of rotatable bonds is 4. The summed E-state index contributed by atoms with van der Waals surface area (Å²) in [5.74, 6) is 0.625. The molecular weight excluding hydrogens is 238 g/mol. The Morgan fingerprint density at radius 3 is 2.39 bits per heavy atom. The summed E-state index contributed by atoms with van der Waals surface area (Å²) in [5.41, 5.74) is -0.166. The maximum atomic E-state index is 10.9. The van der Waals surface area contributed by atoms with Crippen molar-refractivity contribution < 1.29 is 9.85 Å². The number of nitrogens with one attached hydrogen (secondary N) is 1. The van der Waals surface area contributed by atoms with Gasteiger partial charge in [0.2, 0.25) is 0 Å². The molecule has 96 valence electrons. The number of non-ortho nitro benzene ring substituents is 1. The summed E-state index contributed by atoms with van der Waals surface area (Å²) in [6.07, 6.45) is 1.93. The molecule has 0 aliphatic heterocycles. The van der Waals surface area contributed by atoms with E-state index in [-0.39, 0.29) is 17.4 Å². The molecule has 0 aromatic heterocycles. The van der Waals surface area contributed by atoms with Crippen molar-refractivity contribution >= 4 is 17.1 Å². The number of nitro groups is 2. The third-order valence-corrected chi connectivity index (χ3v) is 3.12. The van der Waals surface area contributed by atoms with E-state index in [0.717, 1.165) is 18.9 Å². The van der Waals surface area contributed by atoms with Crippen molar-refractivity contribution in [2.45, 2.75) is 25.8 Å². The van der Waals surface area contributed by atoms with E-state index in [1.807, 2.05) is 0 Å². The van der Waals surface area contributed by atoms with Gasteiger partial charge in [0.25, 0.3) is 11.4 Å². The van der Waals surface area contributed by atoms with Crippen LogP contribution in [-0.4, -0.2) is 15.9 Å². The van der Waals surface area contributed by atoms with Crippen LogP contribution in [0.1, 0.15) is 19.8 Å². The van der Waals surface area contributed by atoms with Crippen molar-refractivity contribution in [3.05, 3.63) is 38.4 Å². The van der Waals surface area contributed by atoms with Crippen LogP contribution in [0.3, 0.4) is 0 Å². The van der Waals surface area contributed by atoms with E-state index in [0.29, 0.717) is 11.6 Å². The number of hydrogen-bond donors (Lipinski definition) is 1. The fourth-order valence-corrected chi connectivity index (χ4v) is 2.15. The van der Waals surface area contributed by atoms with Crippen LogP contribution < -0.4 is 5.32 Å². The van der Waals surface area contributed by atoms with Crippen LogP contribution in [0.4, 0.5) is 17.1 Å². The molecule has 7 heteroatoms. The molecule has 0 bridgehead atoms. The van der Waals surface area contributed by atoms with Crippen LogP contribution in [0.15, 0.2) is 18.2 Å². The standard InChI is InChI=1S/C11H13N3O4/c1-7-4-8(5-7)12-10-3-2-9(13(15)16)6-11(10)14(17)18/h2-3,6-8,12H,4-5H2,1H3. The van der Waals surface area contributed by atoms with Crippen molar-refractivity contribution in [1.29, 1.82) is 0 Å². The molecule has 1 aromatic rings. The predicted molar refractivity (Wildman–Crippen MR) is 65.6 cm³/mol. The molecule has 0 radical (unpaired) electrons. The molecule has 1 N–H and O–H groups in total. The highest BCUT2D eigenvalue weighted by Crippen LogP contribution is 2.34. The van der Waals surface area contributed by atoms with Crippen molar-refractivity contribution in [2.24, 2.45) is 5.92 Å². The van der Waals surface area contributed by atoms with Gasteiger partial charge in [-0.15, -0.1) is 0 Å². The fraction of sp³-hybridized carbons (Fsp3) is 0.455. The zero-order valence-corrected chi connectivity index (χ0v) is 9.83. The largest absolute Gasteiger partial charge is 0.377 e. The van der Waals surface area contributed by atoms with Gasteiger partial charge in [0, 0.05) is 12.1 Å². The zero-order chi connectivity index (χ0) is 13.3. The second-order valence-corrected chi connectivity index (χ2v) is 4.63. The van der Waals surface area contributed by atoms with Gasteiger partial charge >= 0.3 is 0 Å². The molecule has 7 nitrogen and oxygen atoms in total. The van der Waals surface area contributed by atoms with Crippen LogP contribution in [0.2, 0.25) is 0 Å². The maximum absolute atomic E-state index is 10.9. The normalized spacial score (nSPS) is 22.1. The summed E-state index contributed by atoms with van der Waals surface area (Å²) < 4.78 is 0. The van der Waals surface area contributed by atoms with E-state index in [1.165, 1.54) is 12.1 Å². The molecule has 1 aromatic carbocycles. The minimum Gasteiger partial charge on any atom is -0.377 e. The third-order valence-electron chi connectivity index (χ3n) is 3.12. The van der Waals surface area contributed by atoms with Crippen LogP contribution in [0, 0.1) is 26.1 Å². The lowest BCUT2D eigenvalue weighted by Crippen LogP contribution is -2.33. The second-order valence-electron chi connectivity index (χ2n) is 4.63. The van der Waals surface area contributed by atoms with E-state index in [2.05, 4.69) is 12.2 Å². The lowest BCUT2D eigenvalue weighted by Gasteiger charge is -2.33. The Morgan fingerprint density at radius 2 is 1.89 bits per heavy atom. The van der Waals surface area contributed by atoms with Gasteiger partial charge in [-0.25, -0.2) is 0 Å². The SMILES string of the molecule is CC1CC(Nc2ccc([N+](=O)[O-])cc2[N+](=O)[O-])C1. The first-order valence-corrected chi connectivity index (χ1v) is 5.66. The third kappa shape index (κ3) is 2.39. The summed E-state index contributed by atoms with van der Waals surface area (Å²) >= 11 is 0. The van der Waals surface area contributed by atoms with E-state index in [1.54, 1.807) is 0 Å². The second kappa shape index (κ2) is 4.59. The first-order valence-electron chi connectivity index (χ1n) is 5.66. The van der Waals surface area contributed by atoms with Crippen molar-refractivity contribution in [2.75, 3.05) is 5.32 Å². The Labute approximate surface area is 103 Å². The number of nitrogens with zero attached hydrogens (tertiary/aromatic N) is 2. The predicted octanol–water partition coefficient (Wildman–Crippen LogP) is 2.71. The van der Waals surface area contributed by atoms with E-state index in [9.17, 15) is 20.2 Å². The average Bonchev–Trinajstić information content (AvgIpc) is 2.26. The monoisotopic (exact) mass is 251 g/mol. The Bertz CT molecular complexity index is 497. The molecule has 1 saturated carbocycles. The Balaban J connectivity index is 2.23. The van der Waals surface area contributed by atoms with Gasteiger partial charge in [0.05, 0.1) is 15.9 Å². The van der Waals surface area contributed by atoms with E-state index < -0.39 is 9.85 Å². The molecule has 0 saturated heterocycles. The summed E-state index contributed by atoms with van der Waals surface area (Å²) in [7, 11) is 0. The molecular formula is C11H13N3O4. The van der Waals surface area contributed by atoms with Crippen molar-refractivity contribution in [3.63, 3.8) is 0 Å². The van der Waals surface area contributed by atoms with Crippen LogP contribution in [-0.2, 0) is 0 Å². The molecule has 0 heterocycles. The van der Waals surface area contributed by atoms with E-state index >= 15 is 0 Å².